The molecule has 0 heterocycles. The summed E-state index contributed by atoms with van der Waals surface area (Å²) in [4.78, 5) is 0.0502. The van der Waals surface area contributed by atoms with Crippen LogP contribution in [0.3, 0.4) is 0 Å². The van der Waals surface area contributed by atoms with Gasteiger partial charge in [0.2, 0.25) is 10.0 Å². The molecule has 0 amide bonds. The van der Waals surface area contributed by atoms with Gasteiger partial charge in [0.25, 0.3) is 0 Å². The highest BCUT2D eigenvalue weighted by Crippen LogP contribution is 2.15. The fraction of sp³-hybridized carbons (Fsp3) is 0.273. The Hall–Kier alpha value is -1.24. The molecule has 0 atom stereocenters. The van der Waals surface area contributed by atoms with Crippen molar-refractivity contribution >= 4 is 10.0 Å². The molecular weight excluding hydrogens is 243 g/mol. The van der Waals surface area contributed by atoms with Gasteiger partial charge in [0.1, 0.15) is 5.82 Å². The smallest absolute Gasteiger partial charge is 0.243 e. The van der Waals surface area contributed by atoms with Gasteiger partial charge in [-0.2, -0.15) is 4.31 Å². The van der Waals surface area contributed by atoms with Crippen LogP contribution in [0.4, 0.5) is 4.39 Å². The summed E-state index contributed by atoms with van der Waals surface area (Å²) in [5.74, 6) is -0.474. The Morgan fingerprint density at radius 1 is 1.35 bits per heavy atom. The fourth-order valence-corrected chi connectivity index (χ4v) is 2.78. The van der Waals surface area contributed by atoms with Gasteiger partial charge in [-0.05, 0) is 24.3 Å². The molecule has 0 aliphatic carbocycles. The van der Waals surface area contributed by atoms with Crippen molar-refractivity contribution in [3.8, 4) is 0 Å². The van der Waals surface area contributed by atoms with E-state index in [1.807, 2.05) is 0 Å². The normalized spacial score (nSPS) is 11.7. The van der Waals surface area contributed by atoms with E-state index in [0.29, 0.717) is 0 Å². The predicted molar refractivity (Wildman–Crippen MR) is 64.4 cm³/mol. The highest BCUT2D eigenvalue weighted by Gasteiger charge is 2.22. The topological polar surface area (TPSA) is 63.4 Å². The van der Waals surface area contributed by atoms with Crippen LogP contribution < -0.4 is 5.73 Å². The van der Waals surface area contributed by atoms with Crippen molar-refractivity contribution in [1.29, 1.82) is 0 Å². The van der Waals surface area contributed by atoms with Crippen molar-refractivity contribution in [2.45, 2.75) is 4.90 Å². The minimum Gasteiger partial charge on any atom is -0.329 e. The number of hydrogen-bond donors (Lipinski definition) is 1. The molecule has 4 nitrogen and oxygen atoms in total. The summed E-state index contributed by atoms with van der Waals surface area (Å²) in [6.45, 7) is 4.09. The number of rotatable bonds is 6. The SMILES string of the molecule is C=CCN(CCN)S(=O)(=O)c1ccc(F)cc1. The Morgan fingerprint density at radius 3 is 2.41 bits per heavy atom. The number of benzene rings is 1. The molecule has 2 N–H and O–H groups in total. The van der Waals surface area contributed by atoms with Crippen LogP contribution in [0.2, 0.25) is 0 Å². The Bertz CT molecular complexity index is 471. The summed E-state index contributed by atoms with van der Waals surface area (Å²) in [6, 6.07) is 4.69. The van der Waals surface area contributed by atoms with E-state index in [0.717, 1.165) is 12.1 Å². The molecule has 0 saturated carbocycles. The summed E-state index contributed by atoms with van der Waals surface area (Å²) < 4.78 is 38.2. The number of halogens is 1. The molecule has 0 fully saturated rings. The van der Waals surface area contributed by atoms with Crippen LogP contribution in [-0.2, 0) is 10.0 Å². The molecule has 0 aliphatic rings. The van der Waals surface area contributed by atoms with Crippen LogP contribution >= 0.6 is 0 Å². The Balaban J connectivity index is 3.06. The van der Waals surface area contributed by atoms with Crippen molar-refractivity contribution in [2.24, 2.45) is 5.73 Å². The first-order valence-corrected chi connectivity index (χ1v) is 6.53. The highest BCUT2D eigenvalue weighted by molar-refractivity contribution is 7.89. The highest BCUT2D eigenvalue weighted by atomic mass is 32.2. The molecule has 0 unspecified atom stereocenters. The number of hydrogen-bond acceptors (Lipinski definition) is 3. The van der Waals surface area contributed by atoms with Gasteiger partial charge in [0, 0.05) is 19.6 Å². The second-order valence-corrected chi connectivity index (χ2v) is 5.33. The first-order chi connectivity index (χ1) is 8.02. The third-order valence-electron chi connectivity index (χ3n) is 2.16. The fourth-order valence-electron chi connectivity index (χ4n) is 1.35. The van der Waals surface area contributed by atoms with Crippen LogP contribution in [0.25, 0.3) is 0 Å². The second kappa shape index (κ2) is 5.90. The largest absolute Gasteiger partial charge is 0.329 e. The maximum absolute atomic E-state index is 12.7. The molecule has 94 valence electrons. The minimum absolute atomic E-state index is 0.0502. The second-order valence-electron chi connectivity index (χ2n) is 3.39. The molecule has 6 heteroatoms. The molecule has 1 aromatic rings. The van der Waals surface area contributed by atoms with E-state index in [1.165, 1.54) is 22.5 Å². The lowest BCUT2D eigenvalue weighted by atomic mass is 10.4. The predicted octanol–water partition coefficient (Wildman–Crippen LogP) is 0.961. The van der Waals surface area contributed by atoms with Gasteiger partial charge < -0.3 is 5.73 Å². The molecule has 0 spiro atoms. The molecule has 0 radical (unpaired) electrons. The molecule has 0 aromatic heterocycles. The van der Waals surface area contributed by atoms with Crippen LogP contribution in [0.15, 0.2) is 41.8 Å². The van der Waals surface area contributed by atoms with Crippen LogP contribution in [0.5, 0.6) is 0 Å². The summed E-state index contributed by atoms with van der Waals surface area (Å²) in [5.41, 5.74) is 5.36. The zero-order valence-corrected chi connectivity index (χ0v) is 10.2. The number of nitrogens with zero attached hydrogens (tertiary/aromatic N) is 1. The third-order valence-corrected chi connectivity index (χ3v) is 4.04. The molecule has 17 heavy (non-hydrogen) atoms. The van der Waals surface area contributed by atoms with Gasteiger partial charge >= 0.3 is 0 Å². The number of sulfonamides is 1. The first-order valence-electron chi connectivity index (χ1n) is 5.09. The maximum Gasteiger partial charge on any atom is 0.243 e. The van der Waals surface area contributed by atoms with Crippen molar-refractivity contribution < 1.29 is 12.8 Å². The van der Waals surface area contributed by atoms with Gasteiger partial charge in [-0.1, -0.05) is 6.08 Å². The van der Waals surface area contributed by atoms with Crippen LogP contribution in [0, 0.1) is 5.82 Å². The maximum atomic E-state index is 12.7. The lowest BCUT2D eigenvalue weighted by Crippen LogP contribution is -2.35. The van der Waals surface area contributed by atoms with Crippen molar-refractivity contribution in [3.05, 3.63) is 42.7 Å². The summed E-state index contributed by atoms with van der Waals surface area (Å²) in [7, 11) is -3.63. The molecular formula is C11H15FN2O2S. The molecule has 1 rings (SSSR count). The van der Waals surface area contributed by atoms with Crippen molar-refractivity contribution in [2.75, 3.05) is 19.6 Å². The zero-order valence-electron chi connectivity index (χ0n) is 9.34. The summed E-state index contributed by atoms with van der Waals surface area (Å²) >= 11 is 0. The zero-order chi connectivity index (χ0) is 12.9. The van der Waals surface area contributed by atoms with E-state index in [-0.39, 0.29) is 24.5 Å². The van der Waals surface area contributed by atoms with E-state index in [1.54, 1.807) is 0 Å². The Kier molecular flexibility index (Phi) is 4.80. The monoisotopic (exact) mass is 258 g/mol. The molecule has 0 aliphatic heterocycles. The molecule has 1 aromatic carbocycles. The van der Waals surface area contributed by atoms with E-state index in [4.69, 9.17) is 5.73 Å². The van der Waals surface area contributed by atoms with Gasteiger partial charge in [0.15, 0.2) is 0 Å². The van der Waals surface area contributed by atoms with Gasteiger partial charge in [0.05, 0.1) is 4.90 Å². The average Bonchev–Trinajstić information content (AvgIpc) is 2.29. The lowest BCUT2D eigenvalue weighted by Gasteiger charge is -2.19. The lowest BCUT2D eigenvalue weighted by molar-refractivity contribution is 0.450. The van der Waals surface area contributed by atoms with Gasteiger partial charge in [-0.25, -0.2) is 12.8 Å². The summed E-state index contributed by atoms with van der Waals surface area (Å²) in [6.07, 6.45) is 1.48. The number of nitrogens with two attached hydrogens (primary N) is 1. The van der Waals surface area contributed by atoms with Gasteiger partial charge in [-0.15, -0.1) is 6.58 Å². The van der Waals surface area contributed by atoms with Crippen molar-refractivity contribution in [1.82, 2.24) is 4.31 Å². The van der Waals surface area contributed by atoms with Crippen molar-refractivity contribution in [3.63, 3.8) is 0 Å². The molecule has 0 saturated heterocycles. The Morgan fingerprint density at radius 2 is 1.94 bits per heavy atom. The quantitative estimate of drug-likeness (QED) is 0.773. The van der Waals surface area contributed by atoms with E-state index in [2.05, 4.69) is 6.58 Å². The van der Waals surface area contributed by atoms with E-state index in [9.17, 15) is 12.8 Å². The molecule has 0 bridgehead atoms. The Labute approximate surface area is 101 Å². The van der Waals surface area contributed by atoms with Gasteiger partial charge in [-0.3, -0.25) is 0 Å². The summed E-state index contributed by atoms with van der Waals surface area (Å²) in [5, 5.41) is 0. The van der Waals surface area contributed by atoms with Crippen LogP contribution in [0.1, 0.15) is 0 Å². The van der Waals surface area contributed by atoms with E-state index < -0.39 is 15.8 Å². The van der Waals surface area contributed by atoms with Crippen LogP contribution in [-0.4, -0.2) is 32.4 Å². The first kappa shape index (κ1) is 13.8. The minimum atomic E-state index is -3.63. The average molecular weight is 258 g/mol. The standard InChI is InChI=1S/C11H15FN2O2S/c1-2-8-14(9-7-13)17(15,16)11-5-3-10(12)4-6-11/h2-6H,1,7-9,13H2. The van der Waals surface area contributed by atoms with E-state index >= 15 is 0 Å². The third kappa shape index (κ3) is 3.36.